The number of anilines is 2. The summed E-state index contributed by atoms with van der Waals surface area (Å²) in [6.45, 7) is 2.30. The van der Waals surface area contributed by atoms with Gasteiger partial charge in [-0.2, -0.15) is 0 Å². The zero-order valence-corrected chi connectivity index (χ0v) is 11.3. The largest absolute Gasteiger partial charge is 0.399 e. The molecule has 0 saturated carbocycles. The monoisotopic (exact) mass is 262 g/mol. The van der Waals surface area contributed by atoms with Gasteiger partial charge in [-0.05, 0) is 44.6 Å². The Morgan fingerprint density at radius 2 is 2.39 bits per heavy atom. The fraction of sp³-hybridized carbons (Fsp3) is 0.462. The normalized spacial score (nSPS) is 21.3. The second-order valence-electron chi connectivity index (χ2n) is 4.99. The van der Waals surface area contributed by atoms with Crippen molar-refractivity contribution in [3.05, 3.63) is 18.2 Å². The first kappa shape index (κ1) is 11.7. The molecule has 1 unspecified atom stereocenters. The zero-order chi connectivity index (χ0) is 12.5. The van der Waals surface area contributed by atoms with Gasteiger partial charge in [-0.25, -0.2) is 4.98 Å². The highest BCUT2D eigenvalue weighted by molar-refractivity contribution is 7.22. The highest BCUT2D eigenvalue weighted by Gasteiger charge is 2.18. The van der Waals surface area contributed by atoms with E-state index in [1.807, 2.05) is 18.2 Å². The van der Waals surface area contributed by atoms with Crippen molar-refractivity contribution in [2.24, 2.45) is 0 Å². The first-order chi connectivity index (χ1) is 8.70. The van der Waals surface area contributed by atoms with Crippen LogP contribution >= 0.6 is 11.3 Å². The van der Waals surface area contributed by atoms with Crippen LogP contribution < -0.4 is 11.1 Å². The maximum atomic E-state index is 5.79. The molecule has 4 nitrogen and oxygen atoms in total. The Morgan fingerprint density at radius 1 is 1.50 bits per heavy atom. The molecule has 1 aliphatic heterocycles. The molecule has 0 bridgehead atoms. The number of aromatic nitrogens is 1. The van der Waals surface area contributed by atoms with E-state index in [2.05, 4.69) is 22.2 Å². The van der Waals surface area contributed by atoms with Gasteiger partial charge < -0.3 is 16.0 Å². The molecule has 18 heavy (non-hydrogen) atoms. The molecule has 0 radical (unpaired) electrons. The number of benzene rings is 1. The lowest BCUT2D eigenvalue weighted by atomic mass is 10.1. The Labute approximate surface area is 111 Å². The predicted molar refractivity (Wildman–Crippen MR) is 78.2 cm³/mol. The number of nitrogens with two attached hydrogens (primary N) is 1. The third-order valence-corrected chi connectivity index (χ3v) is 4.31. The summed E-state index contributed by atoms with van der Waals surface area (Å²) in [4.78, 5) is 6.97. The van der Waals surface area contributed by atoms with E-state index < -0.39 is 0 Å². The van der Waals surface area contributed by atoms with E-state index in [1.165, 1.54) is 19.4 Å². The highest BCUT2D eigenvalue weighted by Crippen LogP contribution is 2.28. The Balaban J connectivity index is 1.78. The third-order valence-electron chi connectivity index (χ3n) is 3.36. The standard InChI is InChI=1S/C13H18N4S/c1-17-6-2-3-10(8-17)15-13-16-11-5-4-9(14)7-12(11)18-13/h4-5,7,10H,2-3,6,8,14H2,1H3,(H,15,16). The highest BCUT2D eigenvalue weighted by atomic mass is 32.1. The van der Waals surface area contributed by atoms with Gasteiger partial charge in [0.1, 0.15) is 0 Å². The van der Waals surface area contributed by atoms with Crippen LogP contribution in [0.4, 0.5) is 10.8 Å². The van der Waals surface area contributed by atoms with Crippen molar-refractivity contribution in [3.63, 3.8) is 0 Å². The van der Waals surface area contributed by atoms with Gasteiger partial charge in [-0.3, -0.25) is 0 Å². The Bertz CT molecular complexity index is 551. The number of nitrogens with zero attached hydrogens (tertiary/aromatic N) is 2. The number of nitrogens with one attached hydrogen (secondary N) is 1. The minimum atomic E-state index is 0.515. The molecule has 1 fully saturated rings. The van der Waals surface area contributed by atoms with E-state index in [4.69, 9.17) is 5.73 Å². The molecule has 1 atom stereocenters. The number of hydrogen-bond acceptors (Lipinski definition) is 5. The molecule has 2 heterocycles. The fourth-order valence-corrected chi connectivity index (χ4v) is 3.45. The molecule has 96 valence electrons. The number of hydrogen-bond donors (Lipinski definition) is 2. The van der Waals surface area contributed by atoms with Crippen LogP contribution in [0.25, 0.3) is 10.2 Å². The number of thiazole rings is 1. The summed E-state index contributed by atoms with van der Waals surface area (Å²) in [5.74, 6) is 0. The van der Waals surface area contributed by atoms with E-state index in [1.54, 1.807) is 11.3 Å². The molecule has 3 rings (SSSR count). The van der Waals surface area contributed by atoms with Crippen molar-refractivity contribution in [1.82, 2.24) is 9.88 Å². The van der Waals surface area contributed by atoms with Gasteiger partial charge in [0.2, 0.25) is 0 Å². The lowest BCUT2D eigenvalue weighted by Gasteiger charge is -2.29. The van der Waals surface area contributed by atoms with Crippen LogP contribution in [-0.4, -0.2) is 36.1 Å². The van der Waals surface area contributed by atoms with E-state index in [9.17, 15) is 0 Å². The number of nitrogen functional groups attached to an aromatic ring is 1. The zero-order valence-electron chi connectivity index (χ0n) is 10.5. The minimum absolute atomic E-state index is 0.515. The van der Waals surface area contributed by atoms with Gasteiger partial charge in [-0.1, -0.05) is 11.3 Å². The van der Waals surface area contributed by atoms with Crippen LogP contribution in [0.2, 0.25) is 0 Å². The third kappa shape index (κ3) is 2.42. The summed E-state index contributed by atoms with van der Waals surface area (Å²) < 4.78 is 1.15. The molecule has 2 aromatic rings. The number of fused-ring (bicyclic) bond motifs is 1. The lowest BCUT2D eigenvalue weighted by molar-refractivity contribution is 0.261. The maximum absolute atomic E-state index is 5.79. The number of piperidine rings is 1. The number of rotatable bonds is 2. The number of likely N-dealkylation sites (tertiary alicyclic amines) is 1. The molecule has 0 amide bonds. The molecular weight excluding hydrogens is 244 g/mol. The van der Waals surface area contributed by atoms with Crippen LogP contribution in [0.3, 0.4) is 0 Å². The van der Waals surface area contributed by atoms with Crippen molar-refractivity contribution in [3.8, 4) is 0 Å². The second kappa shape index (κ2) is 4.74. The van der Waals surface area contributed by atoms with Crippen LogP contribution in [0, 0.1) is 0 Å². The van der Waals surface area contributed by atoms with Crippen molar-refractivity contribution >= 4 is 32.4 Å². The summed E-state index contributed by atoms with van der Waals surface area (Å²) in [5, 5.41) is 4.56. The molecule has 1 aliphatic rings. The van der Waals surface area contributed by atoms with Gasteiger partial charge in [0.25, 0.3) is 0 Å². The summed E-state index contributed by atoms with van der Waals surface area (Å²) in [6, 6.07) is 6.40. The molecule has 1 aromatic heterocycles. The van der Waals surface area contributed by atoms with Crippen LogP contribution in [-0.2, 0) is 0 Å². The van der Waals surface area contributed by atoms with Crippen molar-refractivity contribution < 1.29 is 0 Å². The van der Waals surface area contributed by atoms with Gasteiger partial charge in [-0.15, -0.1) is 0 Å². The molecular formula is C13H18N4S. The topological polar surface area (TPSA) is 54.2 Å². The van der Waals surface area contributed by atoms with Crippen LogP contribution in [0.15, 0.2) is 18.2 Å². The summed E-state index contributed by atoms with van der Waals surface area (Å²) in [6.07, 6.45) is 2.48. The fourth-order valence-electron chi connectivity index (χ4n) is 2.46. The van der Waals surface area contributed by atoms with Crippen LogP contribution in [0.5, 0.6) is 0 Å². The SMILES string of the molecule is CN1CCCC(Nc2nc3ccc(N)cc3s2)C1. The van der Waals surface area contributed by atoms with Crippen molar-refractivity contribution in [1.29, 1.82) is 0 Å². The average molecular weight is 262 g/mol. The Hall–Kier alpha value is -1.33. The first-order valence-electron chi connectivity index (χ1n) is 6.32. The van der Waals surface area contributed by atoms with Gasteiger partial charge in [0.15, 0.2) is 5.13 Å². The number of likely N-dealkylation sites (N-methyl/N-ethyl adjacent to an activating group) is 1. The van der Waals surface area contributed by atoms with E-state index in [0.29, 0.717) is 6.04 Å². The smallest absolute Gasteiger partial charge is 0.184 e. The first-order valence-corrected chi connectivity index (χ1v) is 7.13. The van der Waals surface area contributed by atoms with Gasteiger partial charge in [0.05, 0.1) is 10.2 Å². The average Bonchev–Trinajstić information content (AvgIpc) is 2.70. The molecule has 0 aliphatic carbocycles. The van der Waals surface area contributed by atoms with E-state index in [0.717, 1.165) is 27.6 Å². The second-order valence-corrected chi connectivity index (χ2v) is 6.02. The summed E-state index contributed by atoms with van der Waals surface area (Å²) in [5.41, 5.74) is 7.62. The van der Waals surface area contributed by atoms with Crippen molar-refractivity contribution in [2.45, 2.75) is 18.9 Å². The lowest BCUT2D eigenvalue weighted by Crippen LogP contribution is -2.39. The molecule has 1 aromatic carbocycles. The Morgan fingerprint density at radius 3 is 3.22 bits per heavy atom. The summed E-state index contributed by atoms with van der Waals surface area (Å²) >= 11 is 1.69. The maximum Gasteiger partial charge on any atom is 0.184 e. The minimum Gasteiger partial charge on any atom is -0.399 e. The quantitative estimate of drug-likeness (QED) is 0.816. The molecule has 5 heteroatoms. The molecule has 0 spiro atoms. The van der Waals surface area contributed by atoms with Crippen molar-refractivity contribution in [2.75, 3.05) is 31.2 Å². The van der Waals surface area contributed by atoms with Crippen LogP contribution in [0.1, 0.15) is 12.8 Å². The molecule has 3 N–H and O–H groups in total. The van der Waals surface area contributed by atoms with E-state index in [-0.39, 0.29) is 0 Å². The Kier molecular flexibility index (Phi) is 3.09. The summed E-state index contributed by atoms with van der Waals surface area (Å²) in [7, 11) is 2.17. The van der Waals surface area contributed by atoms with Gasteiger partial charge in [0, 0.05) is 18.3 Å². The molecule has 1 saturated heterocycles. The van der Waals surface area contributed by atoms with E-state index >= 15 is 0 Å². The predicted octanol–water partition coefficient (Wildman–Crippen LogP) is 2.38. The van der Waals surface area contributed by atoms with Gasteiger partial charge >= 0.3 is 0 Å².